The van der Waals surface area contributed by atoms with Crippen LogP contribution in [0, 0.1) is 0 Å². The summed E-state index contributed by atoms with van der Waals surface area (Å²) in [6.45, 7) is 2.78. The molecule has 1 aromatic rings. The second-order valence-corrected chi connectivity index (χ2v) is 6.64. The maximum atomic E-state index is 11.8. The van der Waals surface area contributed by atoms with Crippen molar-refractivity contribution in [2.75, 3.05) is 13.7 Å². The van der Waals surface area contributed by atoms with Crippen LogP contribution in [0.3, 0.4) is 0 Å². The van der Waals surface area contributed by atoms with Gasteiger partial charge in [-0.1, -0.05) is 25.0 Å². The molecule has 1 N–H and O–H groups in total. The molecular formula is C18H25NO3. The molecule has 1 heterocycles. The molecule has 2 aliphatic rings. The Morgan fingerprint density at radius 2 is 2.14 bits per heavy atom. The third kappa shape index (κ3) is 2.98. The van der Waals surface area contributed by atoms with Gasteiger partial charge < -0.3 is 14.8 Å². The Kier molecular flexibility index (Phi) is 4.39. The first-order chi connectivity index (χ1) is 10.6. The van der Waals surface area contributed by atoms with E-state index in [2.05, 4.69) is 23.5 Å². The SMILES string of the molecule is COc1cccc(C2(CN[C@H]3C[C@H](C)OC3=O)CCCC2)c1. The number of methoxy groups -OCH3 is 1. The van der Waals surface area contributed by atoms with Crippen LogP contribution in [0.4, 0.5) is 0 Å². The highest BCUT2D eigenvalue weighted by atomic mass is 16.6. The Balaban J connectivity index is 1.75. The molecule has 0 aromatic heterocycles. The lowest BCUT2D eigenvalue weighted by Crippen LogP contribution is -2.43. The summed E-state index contributed by atoms with van der Waals surface area (Å²) in [4.78, 5) is 11.8. The van der Waals surface area contributed by atoms with Crippen LogP contribution in [-0.4, -0.2) is 31.8 Å². The van der Waals surface area contributed by atoms with Gasteiger partial charge in [0.25, 0.3) is 0 Å². The van der Waals surface area contributed by atoms with Crippen molar-refractivity contribution >= 4 is 5.97 Å². The Hall–Kier alpha value is -1.55. The number of benzene rings is 1. The van der Waals surface area contributed by atoms with Crippen LogP contribution in [0.5, 0.6) is 5.75 Å². The van der Waals surface area contributed by atoms with Crippen molar-refractivity contribution < 1.29 is 14.3 Å². The highest BCUT2D eigenvalue weighted by molar-refractivity contribution is 5.77. The number of cyclic esters (lactones) is 1. The third-order valence-electron chi connectivity index (χ3n) is 5.10. The fraction of sp³-hybridized carbons (Fsp3) is 0.611. The Morgan fingerprint density at radius 3 is 2.77 bits per heavy atom. The summed E-state index contributed by atoms with van der Waals surface area (Å²) in [5.74, 6) is 0.795. The van der Waals surface area contributed by atoms with E-state index in [9.17, 15) is 4.79 Å². The first-order valence-electron chi connectivity index (χ1n) is 8.21. The Bertz CT molecular complexity index is 537. The Morgan fingerprint density at radius 1 is 1.36 bits per heavy atom. The molecule has 22 heavy (non-hydrogen) atoms. The number of ether oxygens (including phenoxy) is 2. The highest BCUT2D eigenvalue weighted by Gasteiger charge is 2.38. The van der Waals surface area contributed by atoms with Crippen molar-refractivity contribution in [1.29, 1.82) is 0 Å². The quantitative estimate of drug-likeness (QED) is 0.850. The first kappa shape index (κ1) is 15.3. The van der Waals surface area contributed by atoms with Crippen LogP contribution in [0.1, 0.15) is 44.6 Å². The monoisotopic (exact) mass is 303 g/mol. The molecular weight excluding hydrogens is 278 g/mol. The van der Waals surface area contributed by atoms with E-state index in [1.54, 1.807) is 7.11 Å². The van der Waals surface area contributed by atoms with Crippen molar-refractivity contribution in [3.05, 3.63) is 29.8 Å². The molecule has 4 nitrogen and oxygen atoms in total. The summed E-state index contributed by atoms with van der Waals surface area (Å²) >= 11 is 0. The van der Waals surface area contributed by atoms with Crippen LogP contribution in [-0.2, 0) is 14.9 Å². The van der Waals surface area contributed by atoms with Crippen LogP contribution in [0.2, 0.25) is 0 Å². The molecule has 0 spiro atoms. The van der Waals surface area contributed by atoms with Crippen molar-refractivity contribution in [2.24, 2.45) is 0 Å². The first-order valence-corrected chi connectivity index (χ1v) is 8.21. The highest BCUT2D eigenvalue weighted by Crippen LogP contribution is 2.41. The zero-order valence-corrected chi connectivity index (χ0v) is 13.4. The van der Waals surface area contributed by atoms with Gasteiger partial charge in [-0.2, -0.15) is 0 Å². The summed E-state index contributed by atoms with van der Waals surface area (Å²) in [6, 6.07) is 8.21. The van der Waals surface area contributed by atoms with Gasteiger partial charge in [-0.05, 0) is 37.5 Å². The molecule has 4 heteroatoms. The average molecular weight is 303 g/mol. The van der Waals surface area contributed by atoms with Crippen LogP contribution >= 0.6 is 0 Å². The maximum Gasteiger partial charge on any atom is 0.323 e. The predicted molar refractivity (Wildman–Crippen MR) is 85.1 cm³/mol. The molecule has 3 rings (SSSR count). The minimum Gasteiger partial charge on any atom is -0.497 e. The van der Waals surface area contributed by atoms with Crippen LogP contribution in [0.25, 0.3) is 0 Å². The van der Waals surface area contributed by atoms with Gasteiger partial charge in [0.2, 0.25) is 0 Å². The van der Waals surface area contributed by atoms with E-state index in [1.165, 1.54) is 18.4 Å². The van der Waals surface area contributed by atoms with Crippen molar-refractivity contribution in [3.63, 3.8) is 0 Å². The minimum absolute atomic E-state index is 0.0290. The standard InChI is InChI=1S/C18H25NO3/c1-13-10-16(17(20)22-13)19-12-18(8-3-4-9-18)14-6-5-7-15(11-14)21-2/h5-7,11,13,16,19H,3-4,8-10,12H2,1-2H3/t13-,16-/m0/s1. The summed E-state index contributed by atoms with van der Waals surface area (Å²) < 4.78 is 10.6. The number of esters is 1. The van der Waals surface area contributed by atoms with Crippen molar-refractivity contribution in [2.45, 2.75) is 56.6 Å². The summed E-state index contributed by atoms with van der Waals surface area (Å²) in [5.41, 5.74) is 1.43. The minimum atomic E-state index is -0.155. The fourth-order valence-electron chi connectivity index (χ4n) is 3.81. The van der Waals surface area contributed by atoms with Gasteiger partial charge >= 0.3 is 5.97 Å². The zero-order valence-electron chi connectivity index (χ0n) is 13.4. The summed E-state index contributed by atoms with van der Waals surface area (Å²) in [5, 5.41) is 3.47. The van der Waals surface area contributed by atoms with E-state index in [0.29, 0.717) is 0 Å². The summed E-state index contributed by atoms with van der Waals surface area (Å²) in [6.07, 6.45) is 5.60. The third-order valence-corrected chi connectivity index (χ3v) is 5.10. The van der Waals surface area contributed by atoms with E-state index in [4.69, 9.17) is 9.47 Å². The molecule has 0 bridgehead atoms. The van der Waals surface area contributed by atoms with Crippen LogP contribution in [0.15, 0.2) is 24.3 Å². The number of carbonyl (C=O) groups is 1. The molecule has 1 aliphatic heterocycles. The van der Waals surface area contributed by atoms with Crippen molar-refractivity contribution in [1.82, 2.24) is 5.32 Å². The molecule has 2 fully saturated rings. The average Bonchev–Trinajstić information content (AvgIpc) is 3.13. The van der Waals surface area contributed by atoms with E-state index in [-0.39, 0.29) is 23.5 Å². The van der Waals surface area contributed by atoms with E-state index < -0.39 is 0 Å². The zero-order chi connectivity index (χ0) is 15.6. The molecule has 0 radical (unpaired) electrons. The van der Waals surface area contributed by atoms with Crippen LogP contribution < -0.4 is 10.1 Å². The number of rotatable bonds is 5. The van der Waals surface area contributed by atoms with Gasteiger partial charge in [0.05, 0.1) is 7.11 Å². The number of carbonyl (C=O) groups excluding carboxylic acids is 1. The Labute approximate surface area is 132 Å². The van der Waals surface area contributed by atoms with Gasteiger partial charge in [-0.15, -0.1) is 0 Å². The smallest absolute Gasteiger partial charge is 0.323 e. The van der Waals surface area contributed by atoms with Gasteiger partial charge in [0.15, 0.2) is 0 Å². The molecule has 1 saturated carbocycles. The largest absolute Gasteiger partial charge is 0.497 e. The van der Waals surface area contributed by atoms with Gasteiger partial charge in [0, 0.05) is 18.4 Å². The number of hydrogen-bond donors (Lipinski definition) is 1. The molecule has 1 aromatic carbocycles. The number of hydrogen-bond acceptors (Lipinski definition) is 4. The van der Waals surface area contributed by atoms with Gasteiger partial charge in [-0.25, -0.2) is 0 Å². The maximum absolute atomic E-state index is 11.8. The lowest BCUT2D eigenvalue weighted by molar-refractivity contribution is -0.142. The lowest BCUT2D eigenvalue weighted by atomic mass is 9.78. The van der Waals surface area contributed by atoms with E-state index >= 15 is 0 Å². The second-order valence-electron chi connectivity index (χ2n) is 6.64. The van der Waals surface area contributed by atoms with Crippen molar-refractivity contribution in [3.8, 4) is 5.75 Å². The van der Waals surface area contributed by atoms with Gasteiger partial charge in [-0.3, -0.25) is 4.79 Å². The predicted octanol–water partition coefficient (Wildman–Crippen LogP) is 2.80. The molecule has 2 atom stereocenters. The number of nitrogens with one attached hydrogen (secondary N) is 1. The molecule has 120 valence electrons. The normalized spacial score (nSPS) is 26.9. The van der Waals surface area contributed by atoms with E-state index in [1.807, 2.05) is 13.0 Å². The molecule has 0 unspecified atom stereocenters. The van der Waals surface area contributed by atoms with E-state index in [0.717, 1.165) is 31.6 Å². The summed E-state index contributed by atoms with van der Waals surface area (Å²) in [7, 11) is 1.70. The van der Waals surface area contributed by atoms with Gasteiger partial charge in [0.1, 0.15) is 17.9 Å². The molecule has 1 saturated heterocycles. The molecule has 1 aliphatic carbocycles. The lowest BCUT2D eigenvalue weighted by Gasteiger charge is -2.31. The second kappa shape index (κ2) is 6.29. The fourth-order valence-corrected chi connectivity index (χ4v) is 3.81. The molecule has 0 amide bonds. The topological polar surface area (TPSA) is 47.6 Å².